The molecule has 42 heavy (non-hydrogen) atoms. The van der Waals surface area contributed by atoms with Crippen molar-refractivity contribution in [1.29, 1.82) is 0 Å². The highest BCUT2D eigenvalue weighted by Crippen LogP contribution is 2.41. The van der Waals surface area contributed by atoms with Gasteiger partial charge in [0.05, 0.1) is 23.1 Å². The van der Waals surface area contributed by atoms with Gasteiger partial charge in [0.25, 0.3) is 5.91 Å². The van der Waals surface area contributed by atoms with Crippen molar-refractivity contribution >= 4 is 62.2 Å². The maximum atomic E-state index is 13.6. The Bertz CT molecular complexity index is 1480. The normalized spacial score (nSPS) is 15.2. The maximum absolute atomic E-state index is 13.6. The zero-order valence-electron chi connectivity index (χ0n) is 24.3. The average molecular weight is 669 g/mol. The highest BCUT2D eigenvalue weighted by molar-refractivity contribution is 9.10. The summed E-state index contributed by atoms with van der Waals surface area (Å²) in [6.07, 6.45) is 2.41. The number of ether oxygens (including phenoxy) is 3. The Labute approximate surface area is 265 Å². The largest absolute Gasteiger partial charge is 0.493 e. The lowest BCUT2D eigenvalue weighted by molar-refractivity contribution is -0.151. The Balaban J connectivity index is 1.57. The van der Waals surface area contributed by atoms with Gasteiger partial charge >= 0.3 is 5.97 Å². The lowest BCUT2D eigenvalue weighted by Gasteiger charge is -2.25. The number of thioether (sulfide) groups is 1. The van der Waals surface area contributed by atoms with Crippen molar-refractivity contribution in [3.63, 3.8) is 0 Å². The SMILES string of the molecule is CCCOC(=O)C(c1ccccc1)N1C(=O)/C(=C\c2cc(Br)c(OCc3ccc(C(C)(C)C)cc3)c(OC)c2)SC1=S. The third-order valence-electron chi connectivity index (χ3n) is 6.62. The first-order valence-corrected chi connectivity index (χ1v) is 15.6. The molecule has 1 aliphatic rings. The molecular formula is C33H34BrNO5S2. The molecule has 3 aromatic rings. The van der Waals surface area contributed by atoms with Crippen molar-refractivity contribution in [2.45, 2.75) is 52.2 Å². The van der Waals surface area contributed by atoms with E-state index >= 15 is 0 Å². The van der Waals surface area contributed by atoms with Crippen LogP contribution in [0.1, 0.15) is 62.4 Å². The van der Waals surface area contributed by atoms with Crippen LogP contribution < -0.4 is 9.47 Å². The zero-order chi connectivity index (χ0) is 30.4. The van der Waals surface area contributed by atoms with Crippen LogP contribution in [0.25, 0.3) is 6.08 Å². The lowest BCUT2D eigenvalue weighted by atomic mass is 9.87. The summed E-state index contributed by atoms with van der Waals surface area (Å²) in [4.78, 5) is 28.5. The third kappa shape index (κ3) is 7.43. The molecule has 220 valence electrons. The van der Waals surface area contributed by atoms with E-state index in [0.29, 0.717) is 45.0 Å². The van der Waals surface area contributed by atoms with Crippen LogP contribution in [0.15, 0.2) is 76.1 Å². The van der Waals surface area contributed by atoms with Crippen molar-refractivity contribution in [2.24, 2.45) is 0 Å². The number of methoxy groups -OCH3 is 1. The van der Waals surface area contributed by atoms with Gasteiger partial charge in [0, 0.05) is 0 Å². The second kappa shape index (κ2) is 13.9. The van der Waals surface area contributed by atoms with Crippen LogP contribution in [0.3, 0.4) is 0 Å². The minimum atomic E-state index is -0.967. The van der Waals surface area contributed by atoms with Crippen molar-refractivity contribution in [2.75, 3.05) is 13.7 Å². The van der Waals surface area contributed by atoms with Gasteiger partial charge in [-0.25, -0.2) is 4.79 Å². The van der Waals surface area contributed by atoms with Crippen molar-refractivity contribution < 1.29 is 23.8 Å². The molecule has 0 bridgehead atoms. The number of nitrogens with zero attached hydrogens (tertiary/aromatic N) is 1. The standard InChI is InChI=1S/C33H34BrNO5S2/c1-6-16-39-31(37)28(23-10-8-7-9-11-23)35-30(36)27(42-32(35)41)19-22-17-25(34)29(26(18-22)38-5)40-20-21-12-14-24(15-13-21)33(2,3)4/h7-15,17-19,28H,6,16,20H2,1-5H3/b27-19+. The fourth-order valence-corrected chi connectivity index (χ4v) is 6.27. The van der Waals surface area contributed by atoms with Crippen LogP contribution in [-0.4, -0.2) is 34.8 Å². The summed E-state index contributed by atoms with van der Waals surface area (Å²) in [6, 6.07) is 20.1. The van der Waals surface area contributed by atoms with Crippen LogP contribution in [0.2, 0.25) is 0 Å². The summed E-state index contributed by atoms with van der Waals surface area (Å²) in [5.74, 6) is 0.202. The minimum absolute atomic E-state index is 0.0799. The summed E-state index contributed by atoms with van der Waals surface area (Å²) >= 11 is 10.3. The Morgan fingerprint density at radius 2 is 1.79 bits per heavy atom. The van der Waals surface area contributed by atoms with E-state index in [1.54, 1.807) is 31.4 Å². The van der Waals surface area contributed by atoms with E-state index in [-0.39, 0.29) is 22.2 Å². The maximum Gasteiger partial charge on any atom is 0.333 e. The summed E-state index contributed by atoms with van der Waals surface area (Å²) in [5.41, 5.74) is 3.72. The van der Waals surface area contributed by atoms with E-state index in [1.165, 1.54) is 10.5 Å². The van der Waals surface area contributed by atoms with Gasteiger partial charge in [-0.1, -0.05) is 106 Å². The molecular weight excluding hydrogens is 634 g/mol. The van der Waals surface area contributed by atoms with Crippen LogP contribution in [0.4, 0.5) is 0 Å². The van der Waals surface area contributed by atoms with E-state index in [0.717, 1.165) is 17.3 Å². The highest BCUT2D eigenvalue weighted by Gasteiger charge is 2.42. The quantitative estimate of drug-likeness (QED) is 0.123. The Kier molecular flexibility index (Phi) is 10.5. The molecule has 0 aromatic heterocycles. The number of hydrogen-bond donors (Lipinski definition) is 0. The van der Waals surface area contributed by atoms with Gasteiger partial charge in [-0.3, -0.25) is 9.69 Å². The molecule has 0 radical (unpaired) electrons. The average Bonchev–Trinajstić information content (AvgIpc) is 3.23. The lowest BCUT2D eigenvalue weighted by Crippen LogP contribution is -2.38. The number of amides is 1. The smallest absolute Gasteiger partial charge is 0.333 e. The molecule has 9 heteroatoms. The molecule has 1 fully saturated rings. The molecule has 1 unspecified atom stereocenters. The number of benzene rings is 3. The number of rotatable bonds is 10. The van der Waals surface area contributed by atoms with E-state index in [4.69, 9.17) is 26.4 Å². The first-order valence-electron chi connectivity index (χ1n) is 13.6. The van der Waals surface area contributed by atoms with Crippen LogP contribution >= 0.6 is 39.9 Å². The number of esters is 1. The molecule has 1 heterocycles. The Hall–Kier alpha value is -3.14. The van der Waals surface area contributed by atoms with Gasteiger partial charge in [0.2, 0.25) is 0 Å². The number of hydrogen-bond acceptors (Lipinski definition) is 7. The van der Waals surface area contributed by atoms with Gasteiger partial charge in [-0.05, 0) is 68.2 Å². The fourth-order valence-electron chi connectivity index (χ4n) is 4.38. The van der Waals surface area contributed by atoms with Crippen LogP contribution in [-0.2, 0) is 26.3 Å². The molecule has 1 amide bonds. The van der Waals surface area contributed by atoms with E-state index in [9.17, 15) is 9.59 Å². The van der Waals surface area contributed by atoms with Gasteiger partial charge < -0.3 is 14.2 Å². The first kappa shape index (κ1) is 31.8. The molecule has 0 spiro atoms. The topological polar surface area (TPSA) is 65.1 Å². The van der Waals surface area contributed by atoms with Crippen LogP contribution in [0.5, 0.6) is 11.5 Å². The van der Waals surface area contributed by atoms with Crippen molar-refractivity contribution in [3.05, 3.63) is 98.4 Å². The molecule has 1 saturated heterocycles. The van der Waals surface area contributed by atoms with E-state index < -0.39 is 12.0 Å². The first-order chi connectivity index (χ1) is 20.0. The number of thiocarbonyl (C=S) groups is 1. The molecule has 4 rings (SSSR count). The predicted octanol–water partition coefficient (Wildman–Crippen LogP) is 8.23. The highest BCUT2D eigenvalue weighted by atomic mass is 79.9. The van der Waals surface area contributed by atoms with Crippen molar-refractivity contribution in [1.82, 2.24) is 4.90 Å². The summed E-state index contributed by atoms with van der Waals surface area (Å²) in [6.45, 7) is 9.10. The van der Waals surface area contributed by atoms with Gasteiger partial charge in [-0.2, -0.15) is 0 Å². The minimum Gasteiger partial charge on any atom is -0.493 e. The fraction of sp³-hybridized carbons (Fsp3) is 0.303. The summed E-state index contributed by atoms with van der Waals surface area (Å²) < 4.78 is 18.2. The number of halogens is 1. The second-order valence-corrected chi connectivity index (χ2v) is 13.3. The molecule has 0 N–H and O–H groups in total. The monoisotopic (exact) mass is 667 g/mol. The van der Waals surface area contributed by atoms with E-state index in [1.807, 2.05) is 31.2 Å². The summed E-state index contributed by atoms with van der Waals surface area (Å²) in [7, 11) is 1.57. The Morgan fingerprint density at radius 3 is 2.40 bits per heavy atom. The predicted molar refractivity (Wildman–Crippen MR) is 176 cm³/mol. The van der Waals surface area contributed by atoms with Crippen LogP contribution in [0, 0.1) is 0 Å². The summed E-state index contributed by atoms with van der Waals surface area (Å²) in [5, 5.41) is 0. The molecule has 3 aromatic carbocycles. The molecule has 0 aliphatic carbocycles. The van der Waals surface area contributed by atoms with Crippen molar-refractivity contribution in [3.8, 4) is 11.5 Å². The van der Waals surface area contributed by atoms with Gasteiger partial charge in [-0.15, -0.1) is 0 Å². The third-order valence-corrected chi connectivity index (χ3v) is 8.54. The number of carbonyl (C=O) groups excluding carboxylic acids is 2. The Morgan fingerprint density at radius 1 is 1.10 bits per heavy atom. The van der Waals surface area contributed by atoms with E-state index in [2.05, 4.69) is 61.0 Å². The zero-order valence-corrected chi connectivity index (χ0v) is 27.5. The second-order valence-electron chi connectivity index (χ2n) is 10.8. The number of carbonyl (C=O) groups is 2. The molecule has 6 nitrogen and oxygen atoms in total. The molecule has 1 aliphatic heterocycles. The van der Waals surface area contributed by atoms with Gasteiger partial charge in [0.1, 0.15) is 10.9 Å². The molecule has 1 atom stereocenters. The molecule has 0 saturated carbocycles. The van der Waals surface area contributed by atoms with Gasteiger partial charge in [0.15, 0.2) is 17.5 Å².